The van der Waals surface area contributed by atoms with Crippen molar-refractivity contribution >= 4 is 17.2 Å². The first-order valence-electron chi connectivity index (χ1n) is 5.03. The summed E-state index contributed by atoms with van der Waals surface area (Å²) in [4.78, 5) is 8.51. The molecule has 0 bridgehead atoms. The van der Waals surface area contributed by atoms with E-state index < -0.39 is 0 Å². The topological polar surface area (TPSA) is 61.0 Å². The first-order valence-corrected chi connectivity index (χ1v) is 5.43. The summed E-state index contributed by atoms with van der Waals surface area (Å²) in [6.45, 7) is 1.86. The van der Waals surface area contributed by atoms with E-state index in [9.17, 15) is 0 Å². The van der Waals surface area contributed by atoms with Crippen LogP contribution in [-0.2, 0) is 0 Å². The highest BCUT2D eigenvalue weighted by Crippen LogP contribution is 2.24. The molecule has 4 nitrogen and oxygen atoms in total. The minimum Gasteiger partial charge on any atom is -0.436 e. The van der Waals surface area contributed by atoms with Gasteiger partial charge in [-0.25, -0.2) is 4.98 Å². The van der Waals surface area contributed by atoms with Crippen molar-refractivity contribution in [3.63, 3.8) is 0 Å². The fourth-order valence-corrected chi connectivity index (χ4v) is 1.50. The van der Waals surface area contributed by atoms with E-state index in [1.165, 1.54) is 0 Å². The van der Waals surface area contributed by atoms with Gasteiger partial charge in [0.25, 0.3) is 0 Å². The summed E-state index contributed by atoms with van der Waals surface area (Å²) in [6, 6.07) is 7.15. The number of thiocarbonyl (C=S) groups is 1. The number of hydrogen-bond donors (Lipinski definition) is 1. The van der Waals surface area contributed by atoms with Crippen molar-refractivity contribution in [1.82, 2.24) is 9.97 Å². The van der Waals surface area contributed by atoms with Crippen LogP contribution in [0.3, 0.4) is 0 Å². The monoisotopic (exact) mass is 245 g/mol. The molecular formula is C12H11N3OS. The molecule has 2 aromatic rings. The Balaban J connectivity index is 2.37. The van der Waals surface area contributed by atoms with Crippen LogP contribution in [0.25, 0.3) is 0 Å². The predicted molar refractivity (Wildman–Crippen MR) is 69.2 cm³/mol. The zero-order chi connectivity index (χ0) is 12.3. The minimum atomic E-state index is 0.259. The lowest BCUT2D eigenvalue weighted by atomic mass is 10.2. The molecule has 0 spiro atoms. The summed E-state index contributed by atoms with van der Waals surface area (Å²) in [5.74, 6) is 1.04. The molecular weight excluding hydrogens is 234 g/mol. The standard InChI is InChI=1S/C12H11N3OS/c1-8-10(5-3-6-14-8)16-12-9(11(13)17)4-2-7-15-12/h2-7H,1H3,(H2,13,17). The van der Waals surface area contributed by atoms with Crippen molar-refractivity contribution in [3.8, 4) is 11.6 Å². The molecule has 0 aliphatic carbocycles. The summed E-state index contributed by atoms with van der Waals surface area (Å²) in [6.07, 6.45) is 3.33. The Morgan fingerprint density at radius 3 is 2.65 bits per heavy atom. The fourth-order valence-electron chi connectivity index (χ4n) is 1.34. The van der Waals surface area contributed by atoms with Gasteiger partial charge in [0, 0.05) is 12.4 Å². The molecule has 0 atom stereocenters. The average Bonchev–Trinajstić information content (AvgIpc) is 2.32. The molecule has 0 saturated carbocycles. The lowest BCUT2D eigenvalue weighted by Gasteiger charge is -2.09. The molecule has 2 aromatic heterocycles. The van der Waals surface area contributed by atoms with E-state index in [-0.39, 0.29) is 4.99 Å². The van der Waals surface area contributed by atoms with Crippen molar-refractivity contribution in [3.05, 3.63) is 47.9 Å². The Labute approximate surface area is 104 Å². The van der Waals surface area contributed by atoms with Gasteiger partial charge in [-0.05, 0) is 31.2 Å². The maximum Gasteiger partial charge on any atom is 0.229 e. The van der Waals surface area contributed by atoms with Crippen LogP contribution in [0.15, 0.2) is 36.7 Å². The average molecular weight is 245 g/mol. The SMILES string of the molecule is Cc1ncccc1Oc1ncccc1C(N)=S. The van der Waals surface area contributed by atoms with Crippen LogP contribution in [0, 0.1) is 6.92 Å². The zero-order valence-electron chi connectivity index (χ0n) is 9.25. The molecule has 0 aliphatic heterocycles. The van der Waals surface area contributed by atoms with Gasteiger partial charge in [0.05, 0.1) is 11.3 Å². The third-order valence-electron chi connectivity index (χ3n) is 2.20. The summed E-state index contributed by atoms with van der Waals surface area (Å²) in [5, 5.41) is 0. The predicted octanol–water partition coefficient (Wildman–Crippen LogP) is 2.21. The van der Waals surface area contributed by atoms with E-state index in [0.29, 0.717) is 17.2 Å². The summed E-state index contributed by atoms with van der Waals surface area (Å²) >= 11 is 4.94. The number of hydrogen-bond acceptors (Lipinski definition) is 4. The van der Waals surface area contributed by atoms with Crippen LogP contribution in [-0.4, -0.2) is 15.0 Å². The molecule has 0 radical (unpaired) electrons. The van der Waals surface area contributed by atoms with Gasteiger partial charge in [-0.2, -0.15) is 0 Å². The van der Waals surface area contributed by atoms with Crippen LogP contribution < -0.4 is 10.5 Å². The smallest absolute Gasteiger partial charge is 0.229 e. The number of ether oxygens (including phenoxy) is 1. The van der Waals surface area contributed by atoms with E-state index in [2.05, 4.69) is 9.97 Å². The van der Waals surface area contributed by atoms with Crippen LogP contribution in [0.2, 0.25) is 0 Å². The molecule has 2 N–H and O–H groups in total. The van der Waals surface area contributed by atoms with Crippen LogP contribution in [0.5, 0.6) is 11.6 Å². The van der Waals surface area contributed by atoms with Gasteiger partial charge in [-0.15, -0.1) is 0 Å². The van der Waals surface area contributed by atoms with Gasteiger partial charge >= 0.3 is 0 Å². The first kappa shape index (κ1) is 11.5. The highest BCUT2D eigenvalue weighted by molar-refractivity contribution is 7.80. The molecule has 0 aliphatic rings. The third kappa shape index (κ3) is 2.57. The Kier molecular flexibility index (Phi) is 3.30. The Morgan fingerprint density at radius 1 is 1.24 bits per heavy atom. The second-order valence-electron chi connectivity index (χ2n) is 3.41. The van der Waals surface area contributed by atoms with Crippen molar-refractivity contribution < 1.29 is 4.74 Å². The van der Waals surface area contributed by atoms with E-state index in [0.717, 1.165) is 5.69 Å². The third-order valence-corrected chi connectivity index (χ3v) is 2.42. The molecule has 0 aromatic carbocycles. The molecule has 5 heteroatoms. The van der Waals surface area contributed by atoms with E-state index >= 15 is 0 Å². The van der Waals surface area contributed by atoms with Crippen molar-refractivity contribution in [2.75, 3.05) is 0 Å². The summed E-state index contributed by atoms with van der Waals surface area (Å²) < 4.78 is 5.66. The summed E-state index contributed by atoms with van der Waals surface area (Å²) in [7, 11) is 0. The Bertz CT molecular complexity index is 557. The second-order valence-corrected chi connectivity index (χ2v) is 3.85. The molecule has 0 unspecified atom stereocenters. The first-order chi connectivity index (χ1) is 8.18. The Hall–Kier alpha value is -2.01. The molecule has 0 saturated heterocycles. The van der Waals surface area contributed by atoms with Crippen LogP contribution in [0.1, 0.15) is 11.3 Å². The highest BCUT2D eigenvalue weighted by Gasteiger charge is 2.09. The van der Waals surface area contributed by atoms with Gasteiger partial charge in [0.2, 0.25) is 5.88 Å². The lowest BCUT2D eigenvalue weighted by molar-refractivity contribution is 0.455. The number of aryl methyl sites for hydroxylation is 1. The molecule has 2 rings (SSSR count). The number of pyridine rings is 2. The lowest BCUT2D eigenvalue weighted by Crippen LogP contribution is -2.11. The molecule has 86 valence electrons. The maximum absolute atomic E-state index is 5.66. The number of nitrogens with two attached hydrogens (primary N) is 1. The maximum atomic E-state index is 5.66. The largest absolute Gasteiger partial charge is 0.436 e. The molecule has 17 heavy (non-hydrogen) atoms. The van der Waals surface area contributed by atoms with Crippen molar-refractivity contribution in [2.45, 2.75) is 6.92 Å². The van der Waals surface area contributed by atoms with Crippen molar-refractivity contribution in [1.29, 1.82) is 0 Å². The number of nitrogens with zero attached hydrogens (tertiary/aromatic N) is 2. The molecule has 0 amide bonds. The van der Waals surface area contributed by atoms with Gasteiger partial charge in [-0.1, -0.05) is 12.2 Å². The number of aromatic nitrogens is 2. The van der Waals surface area contributed by atoms with Crippen LogP contribution in [0.4, 0.5) is 0 Å². The number of rotatable bonds is 3. The van der Waals surface area contributed by atoms with Gasteiger partial charge in [0.15, 0.2) is 5.75 Å². The van der Waals surface area contributed by atoms with Crippen LogP contribution >= 0.6 is 12.2 Å². The highest BCUT2D eigenvalue weighted by atomic mass is 32.1. The quantitative estimate of drug-likeness (QED) is 0.840. The Morgan fingerprint density at radius 2 is 1.94 bits per heavy atom. The van der Waals surface area contributed by atoms with Crippen molar-refractivity contribution in [2.24, 2.45) is 5.73 Å². The fraction of sp³-hybridized carbons (Fsp3) is 0.0833. The second kappa shape index (κ2) is 4.88. The van der Waals surface area contributed by atoms with E-state index in [1.807, 2.05) is 13.0 Å². The van der Waals surface area contributed by atoms with Gasteiger partial charge in [0.1, 0.15) is 4.99 Å². The van der Waals surface area contributed by atoms with Gasteiger partial charge < -0.3 is 10.5 Å². The normalized spacial score (nSPS) is 9.94. The minimum absolute atomic E-state index is 0.259. The molecule has 0 fully saturated rings. The van der Waals surface area contributed by atoms with E-state index in [1.54, 1.807) is 30.6 Å². The zero-order valence-corrected chi connectivity index (χ0v) is 10.1. The summed E-state index contributed by atoms with van der Waals surface area (Å²) in [5.41, 5.74) is 7.00. The van der Waals surface area contributed by atoms with E-state index in [4.69, 9.17) is 22.7 Å². The van der Waals surface area contributed by atoms with Gasteiger partial charge in [-0.3, -0.25) is 4.98 Å². The molecule has 2 heterocycles.